The Morgan fingerprint density at radius 2 is 1.15 bits per heavy atom. The van der Waals surface area contributed by atoms with Gasteiger partial charge >= 0.3 is 0 Å². The fraction of sp³-hybridized carbons (Fsp3) is 1.00. The van der Waals surface area contributed by atoms with E-state index in [1.165, 1.54) is 89.9 Å². The Kier molecular flexibility index (Phi) is 15.4. The lowest BCUT2D eigenvalue weighted by Crippen LogP contribution is -2.03. The van der Waals surface area contributed by atoms with Crippen molar-refractivity contribution in [3.05, 3.63) is 0 Å². The average molecular weight is 283 g/mol. The van der Waals surface area contributed by atoms with Gasteiger partial charge in [0.1, 0.15) is 0 Å². The zero-order chi connectivity index (χ0) is 15.1. The summed E-state index contributed by atoms with van der Waals surface area (Å²) in [6.07, 6.45) is 20.3. The molecule has 0 bridgehead atoms. The van der Waals surface area contributed by atoms with E-state index >= 15 is 0 Å². The quantitative estimate of drug-likeness (QED) is 0.269. The van der Waals surface area contributed by atoms with Crippen LogP contribution < -0.4 is 0 Å². The van der Waals surface area contributed by atoms with Crippen LogP contribution in [0.4, 0.5) is 0 Å². The van der Waals surface area contributed by atoms with Crippen molar-refractivity contribution < 1.29 is 0 Å². The van der Waals surface area contributed by atoms with Gasteiger partial charge in [-0.3, -0.25) is 0 Å². The van der Waals surface area contributed by atoms with Crippen LogP contribution in [0.2, 0.25) is 0 Å². The fourth-order valence-corrected chi connectivity index (χ4v) is 3.13. The van der Waals surface area contributed by atoms with Crippen molar-refractivity contribution in [2.45, 2.75) is 118 Å². The maximum Gasteiger partial charge on any atom is -0.0414 e. The molecule has 122 valence electrons. The standard InChI is InChI=1S/C20H42/c1-5-8-9-10-11-12-13-14-16-20(15-6-2)18-17-19(4)7-3/h19-20H,5-18H2,1-4H3. The van der Waals surface area contributed by atoms with Crippen molar-refractivity contribution in [2.75, 3.05) is 0 Å². The Morgan fingerprint density at radius 1 is 0.550 bits per heavy atom. The van der Waals surface area contributed by atoms with E-state index in [2.05, 4.69) is 27.7 Å². The van der Waals surface area contributed by atoms with Crippen molar-refractivity contribution in [3.8, 4) is 0 Å². The highest BCUT2D eigenvalue weighted by Gasteiger charge is 2.09. The molecule has 0 aromatic carbocycles. The minimum Gasteiger partial charge on any atom is -0.0654 e. The van der Waals surface area contributed by atoms with Gasteiger partial charge in [0.2, 0.25) is 0 Å². The zero-order valence-corrected chi connectivity index (χ0v) is 15.1. The summed E-state index contributed by atoms with van der Waals surface area (Å²) in [6.45, 7) is 9.40. The highest BCUT2D eigenvalue weighted by atomic mass is 14.2. The van der Waals surface area contributed by atoms with Crippen LogP contribution in [0.5, 0.6) is 0 Å². The predicted octanol–water partition coefficient (Wildman–Crippen LogP) is 7.76. The minimum atomic E-state index is 0.938. The summed E-state index contributed by atoms with van der Waals surface area (Å²) < 4.78 is 0. The number of hydrogen-bond donors (Lipinski definition) is 0. The predicted molar refractivity (Wildman–Crippen MR) is 94.3 cm³/mol. The number of unbranched alkanes of at least 4 members (excludes halogenated alkanes) is 7. The van der Waals surface area contributed by atoms with Crippen molar-refractivity contribution in [2.24, 2.45) is 11.8 Å². The van der Waals surface area contributed by atoms with Crippen LogP contribution in [0.15, 0.2) is 0 Å². The second-order valence-electron chi connectivity index (χ2n) is 7.01. The maximum absolute atomic E-state index is 2.42. The van der Waals surface area contributed by atoms with Gasteiger partial charge in [-0.2, -0.15) is 0 Å². The topological polar surface area (TPSA) is 0 Å². The summed E-state index contributed by atoms with van der Waals surface area (Å²) in [5.41, 5.74) is 0. The molecule has 0 aliphatic carbocycles. The monoisotopic (exact) mass is 282 g/mol. The first-order chi connectivity index (χ1) is 9.74. The van der Waals surface area contributed by atoms with Crippen molar-refractivity contribution in [3.63, 3.8) is 0 Å². The number of hydrogen-bond acceptors (Lipinski definition) is 0. The van der Waals surface area contributed by atoms with Crippen molar-refractivity contribution in [1.29, 1.82) is 0 Å². The zero-order valence-electron chi connectivity index (χ0n) is 15.1. The molecule has 0 fully saturated rings. The molecule has 0 rings (SSSR count). The molecule has 0 aromatic rings. The van der Waals surface area contributed by atoms with E-state index in [-0.39, 0.29) is 0 Å². The van der Waals surface area contributed by atoms with E-state index in [4.69, 9.17) is 0 Å². The molecule has 0 spiro atoms. The molecule has 0 saturated carbocycles. The Balaban J connectivity index is 3.50. The minimum absolute atomic E-state index is 0.938. The molecular formula is C20H42. The molecule has 0 nitrogen and oxygen atoms in total. The van der Waals surface area contributed by atoms with Crippen LogP contribution >= 0.6 is 0 Å². The van der Waals surface area contributed by atoms with E-state index in [1.54, 1.807) is 0 Å². The Labute approximate surface area is 130 Å². The average Bonchev–Trinajstić information content (AvgIpc) is 2.46. The first kappa shape index (κ1) is 20.0. The second-order valence-corrected chi connectivity index (χ2v) is 7.01. The van der Waals surface area contributed by atoms with Gasteiger partial charge in [0.25, 0.3) is 0 Å². The van der Waals surface area contributed by atoms with Crippen molar-refractivity contribution >= 4 is 0 Å². The lowest BCUT2D eigenvalue weighted by Gasteiger charge is -2.18. The molecule has 0 heterocycles. The highest BCUT2D eigenvalue weighted by molar-refractivity contribution is 4.62. The lowest BCUT2D eigenvalue weighted by atomic mass is 9.88. The summed E-state index contributed by atoms with van der Waals surface area (Å²) in [5.74, 6) is 1.96. The molecule has 2 atom stereocenters. The summed E-state index contributed by atoms with van der Waals surface area (Å²) in [4.78, 5) is 0. The van der Waals surface area contributed by atoms with Gasteiger partial charge in [-0.1, -0.05) is 118 Å². The molecule has 0 aliphatic heterocycles. The molecule has 0 amide bonds. The van der Waals surface area contributed by atoms with E-state index in [9.17, 15) is 0 Å². The van der Waals surface area contributed by atoms with E-state index in [0.29, 0.717) is 0 Å². The fourth-order valence-electron chi connectivity index (χ4n) is 3.13. The largest absolute Gasteiger partial charge is 0.0654 e. The molecule has 0 heteroatoms. The molecular weight excluding hydrogens is 240 g/mol. The van der Waals surface area contributed by atoms with Gasteiger partial charge in [0.15, 0.2) is 0 Å². The summed E-state index contributed by atoms with van der Waals surface area (Å²) >= 11 is 0. The van der Waals surface area contributed by atoms with Gasteiger partial charge in [-0.15, -0.1) is 0 Å². The molecule has 0 aliphatic rings. The lowest BCUT2D eigenvalue weighted by molar-refractivity contribution is 0.351. The smallest absolute Gasteiger partial charge is 0.0414 e. The van der Waals surface area contributed by atoms with Gasteiger partial charge in [-0.05, 0) is 11.8 Å². The third kappa shape index (κ3) is 13.0. The van der Waals surface area contributed by atoms with E-state index < -0.39 is 0 Å². The Morgan fingerprint density at radius 3 is 1.70 bits per heavy atom. The summed E-state index contributed by atoms with van der Waals surface area (Å²) in [6, 6.07) is 0. The highest BCUT2D eigenvalue weighted by Crippen LogP contribution is 2.24. The maximum atomic E-state index is 2.42. The normalized spacial score (nSPS) is 14.4. The summed E-state index contributed by atoms with van der Waals surface area (Å²) in [5, 5.41) is 0. The molecule has 20 heavy (non-hydrogen) atoms. The summed E-state index contributed by atoms with van der Waals surface area (Å²) in [7, 11) is 0. The van der Waals surface area contributed by atoms with Crippen LogP contribution in [-0.2, 0) is 0 Å². The van der Waals surface area contributed by atoms with Gasteiger partial charge < -0.3 is 0 Å². The molecule has 2 unspecified atom stereocenters. The molecule has 0 saturated heterocycles. The number of rotatable bonds is 15. The van der Waals surface area contributed by atoms with Crippen molar-refractivity contribution in [1.82, 2.24) is 0 Å². The third-order valence-corrected chi connectivity index (χ3v) is 4.93. The second kappa shape index (κ2) is 15.4. The Hall–Kier alpha value is 0. The molecule has 0 aromatic heterocycles. The SMILES string of the molecule is CCCCCCCCCCC(CCC)CCC(C)CC. The van der Waals surface area contributed by atoms with Crippen LogP contribution in [-0.4, -0.2) is 0 Å². The van der Waals surface area contributed by atoms with Crippen LogP contribution in [0, 0.1) is 11.8 Å². The van der Waals surface area contributed by atoms with E-state index in [0.717, 1.165) is 11.8 Å². The van der Waals surface area contributed by atoms with Crippen LogP contribution in [0.1, 0.15) is 118 Å². The van der Waals surface area contributed by atoms with Gasteiger partial charge in [-0.25, -0.2) is 0 Å². The first-order valence-corrected chi connectivity index (χ1v) is 9.74. The molecule has 0 N–H and O–H groups in total. The first-order valence-electron chi connectivity index (χ1n) is 9.74. The van der Waals surface area contributed by atoms with Gasteiger partial charge in [0, 0.05) is 0 Å². The van der Waals surface area contributed by atoms with Crippen LogP contribution in [0.3, 0.4) is 0 Å². The third-order valence-electron chi connectivity index (χ3n) is 4.93. The van der Waals surface area contributed by atoms with Crippen LogP contribution in [0.25, 0.3) is 0 Å². The Bertz CT molecular complexity index is 173. The van der Waals surface area contributed by atoms with E-state index in [1.807, 2.05) is 0 Å². The molecule has 0 radical (unpaired) electrons. The van der Waals surface area contributed by atoms with Gasteiger partial charge in [0.05, 0.1) is 0 Å².